The van der Waals surface area contributed by atoms with Gasteiger partial charge >= 0.3 is 0 Å². The lowest BCUT2D eigenvalue weighted by atomic mass is 10.1. The Morgan fingerprint density at radius 3 is 2.50 bits per heavy atom. The largest absolute Gasteiger partial charge is 0.317 e. The molecule has 0 fully saturated rings. The molecule has 0 unspecified atom stereocenters. The second kappa shape index (κ2) is 8.44. The SMILES string of the molecule is CCCNCCCCCc1cc(F)c(F)cc1Cl. The zero-order valence-electron chi connectivity index (χ0n) is 10.7. The van der Waals surface area contributed by atoms with Crippen molar-refractivity contribution in [3.05, 3.63) is 34.4 Å². The van der Waals surface area contributed by atoms with E-state index in [0.717, 1.165) is 44.8 Å². The van der Waals surface area contributed by atoms with E-state index in [9.17, 15) is 8.78 Å². The van der Waals surface area contributed by atoms with Crippen LogP contribution < -0.4 is 5.32 Å². The number of benzene rings is 1. The maximum Gasteiger partial charge on any atom is 0.160 e. The molecule has 1 rings (SSSR count). The summed E-state index contributed by atoms with van der Waals surface area (Å²) in [6.07, 6.45) is 4.94. The minimum Gasteiger partial charge on any atom is -0.317 e. The zero-order chi connectivity index (χ0) is 13.4. The molecular weight excluding hydrogens is 256 g/mol. The summed E-state index contributed by atoms with van der Waals surface area (Å²) >= 11 is 5.86. The standard InChI is InChI=1S/C14H20ClF2N/c1-2-7-18-8-5-3-4-6-11-9-13(16)14(17)10-12(11)15/h9-10,18H,2-8H2,1H3. The summed E-state index contributed by atoms with van der Waals surface area (Å²) in [6, 6.07) is 2.25. The zero-order valence-corrected chi connectivity index (χ0v) is 11.5. The number of unbranched alkanes of at least 4 members (excludes halogenated alkanes) is 2. The summed E-state index contributed by atoms with van der Waals surface area (Å²) in [4.78, 5) is 0. The van der Waals surface area contributed by atoms with Crippen molar-refractivity contribution >= 4 is 11.6 Å². The fourth-order valence-electron chi connectivity index (χ4n) is 1.80. The van der Waals surface area contributed by atoms with Crippen LogP contribution in [0, 0.1) is 11.6 Å². The van der Waals surface area contributed by atoms with Gasteiger partial charge in [0.2, 0.25) is 0 Å². The first-order chi connectivity index (χ1) is 8.65. The van der Waals surface area contributed by atoms with Gasteiger partial charge < -0.3 is 5.32 Å². The van der Waals surface area contributed by atoms with Gasteiger partial charge in [0.05, 0.1) is 0 Å². The molecule has 1 N–H and O–H groups in total. The predicted molar refractivity (Wildman–Crippen MR) is 72.1 cm³/mol. The van der Waals surface area contributed by atoms with Crippen LogP contribution in [0.4, 0.5) is 8.78 Å². The summed E-state index contributed by atoms with van der Waals surface area (Å²) in [6.45, 7) is 4.20. The highest BCUT2D eigenvalue weighted by molar-refractivity contribution is 6.31. The van der Waals surface area contributed by atoms with Crippen molar-refractivity contribution in [3.8, 4) is 0 Å². The first-order valence-electron chi connectivity index (χ1n) is 6.49. The number of hydrogen-bond acceptors (Lipinski definition) is 1. The van der Waals surface area contributed by atoms with Crippen molar-refractivity contribution in [3.63, 3.8) is 0 Å². The molecule has 0 aliphatic heterocycles. The summed E-state index contributed by atoms with van der Waals surface area (Å²) < 4.78 is 25.9. The van der Waals surface area contributed by atoms with Crippen molar-refractivity contribution in [1.29, 1.82) is 0 Å². The molecule has 1 aromatic carbocycles. The Bertz CT molecular complexity index is 369. The van der Waals surface area contributed by atoms with Crippen LogP contribution in [0.5, 0.6) is 0 Å². The van der Waals surface area contributed by atoms with Crippen LogP contribution in [-0.2, 0) is 6.42 Å². The lowest BCUT2D eigenvalue weighted by Crippen LogP contribution is -2.15. The fourth-order valence-corrected chi connectivity index (χ4v) is 2.04. The quantitative estimate of drug-likeness (QED) is 0.550. The van der Waals surface area contributed by atoms with Crippen LogP contribution in [-0.4, -0.2) is 13.1 Å². The van der Waals surface area contributed by atoms with Gasteiger partial charge in [-0.15, -0.1) is 0 Å². The molecule has 0 saturated carbocycles. The molecule has 1 nitrogen and oxygen atoms in total. The average molecular weight is 276 g/mol. The van der Waals surface area contributed by atoms with Gasteiger partial charge in [0.1, 0.15) is 0 Å². The van der Waals surface area contributed by atoms with Crippen molar-refractivity contribution in [1.82, 2.24) is 5.32 Å². The second-order valence-electron chi connectivity index (χ2n) is 4.42. The highest BCUT2D eigenvalue weighted by atomic mass is 35.5. The van der Waals surface area contributed by atoms with Gasteiger partial charge in [0, 0.05) is 5.02 Å². The molecule has 0 atom stereocenters. The maximum atomic E-state index is 13.0. The van der Waals surface area contributed by atoms with E-state index in [0.29, 0.717) is 17.0 Å². The first kappa shape index (κ1) is 15.4. The van der Waals surface area contributed by atoms with Gasteiger partial charge in [0.15, 0.2) is 11.6 Å². The number of nitrogens with one attached hydrogen (secondary N) is 1. The van der Waals surface area contributed by atoms with Crippen LogP contribution in [0.2, 0.25) is 5.02 Å². The Balaban J connectivity index is 2.25. The second-order valence-corrected chi connectivity index (χ2v) is 4.83. The van der Waals surface area contributed by atoms with Crippen molar-refractivity contribution in [2.75, 3.05) is 13.1 Å². The lowest BCUT2D eigenvalue weighted by Gasteiger charge is -2.06. The molecule has 0 heterocycles. The molecule has 0 aliphatic carbocycles. The van der Waals surface area contributed by atoms with E-state index in [4.69, 9.17) is 11.6 Å². The molecule has 0 bridgehead atoms. The number of hydrogen-bond donors (Lipinski definition) is 1. The van der Waals surface area contributed by atoms with E-state index in [1.165, 1.54) is 6.07 Å². The molecule has 0 aromatic heterocycles. The predicted octanol–water partition coefficient (Wildman–Crippen LogP) is 4.33. The van der Waals surface area contributed by atoms with E-state index in [2.05, 4.69) is 12.2 Å². The monoisotopic (exact) mass is 275 g/mol. The normalized spacial score (nSPS) is 10.9. The molecule has 18 heavy (non-hydrogen) atoms. The third-order valence-corrected chi connectivity index (χ3v) is 3.17. The van der Waals surface area contributed by atoms with Crippen LogP contribution >= 0.6 is 11.6 Å². The maximum absolute atomic E-state index is 13.0. The Kier molecular flexibility index (Phi) is 7.21. The Morgan fingerprint density at radius 2 is 1.78 bits per heavy atom. The molecule has 0 spiro atoms. The third-order valence-electron chi connectivity index (χ3n) is 2.82. The van der Waals surface area contributed by atoms with Crippen molar-refractivity contribution in [2.45, 2.75) is 39.0 Å². The minimum atomic E-state index is -0.882. The fraction of sp³-hybridized carbons (Fsp3) is 0.571. The van der Waals surface area contributed by atoms with Gasteiger partial charge in [-0.05, 0) is 56.5 Å². The van der Waals surface area contributed by atoms with Crippen molar-refractivity contribution in [2.24, 2.45) is 0 Å². The average Bonchev–Trinajstić information content (AvgIpc) is 2.34. The van der Waals surface area contributed by atoms with Gasteiger partial charge in [0.25, 0.3) is 0 Å². The Hall–Kier alpha value is -0.670. The van der Waals surface area contributed by atoms with Gasteiger partial charge in [-0.3, -0.25) is 0 Å². The number of halogens is 3. The van der Waals surface area contributed by atoms with E-state index in [1.807, 2.05) is 0 Å². The van der Waals surface area contributed by atoms with Gasteiger partial charge in [-0.2, -0.15) is 0 Å². The summed E-state index contributed by atoms with van der Waals surface area (Å²) in [5.74, 6) is -1.70. The summed E-state index contributed by atoms with van der Waals surface area (Å²) in [5, 5.41) is 3.64. The van der Waals surface area contributed by atoms with Crippen LogP contribution in [0.25, 0.3) is 0 Å². The van der Waals surface area contributed by atoms with Crippen LogP contribution in [0.3, 0.4) is 0 Å². The Morgan fingerprint density at radius 1 is 1.06 bits per heavy atom. The molecule has 0 amide bonds. The smallest absolute Gasteiger partial charge is 0.160 e. The van der Waals surface area contributed by atoms with Crippen molar-refractivity contribution < 1.29 is 8.78 Å². The van der Waals surface area contributed by atoms with Crippen LogP contribution in [0.1, 0.15) is 38.2 Å². The number of rotatable bonds is 8. The van der Waals surface area contributed by atoms with E-state index in [1.54, 1.807) is 0 Å². The van der Waals surface area contributed by atoms with Gasteiger partial charge in [-0.1, -0.05) is 24.9 Å². The molecular formula is C14H20ClF2N. The van der Waals surface area contributed by atoms with Gasteiger partial charge in [-0.25, -0.2) is 8.78 Å². The highest BCUT2D eigenvalue weighted by Gasteiger charge is 2.07. The molecule has 4 heteroatoms. The molecule has 0 aliphatic rings. The van der Waals surface area contributed by atoms with E-state index >= 15 is 0 Å². The summed E-state index contributed by atoms with van der Waals surface area (Å²) in [7, 11) is 0. The minimum absolute atomic E-state index is 0.318. The third kappa shape index (κ3) is 5.32. The first-order valence-corrected chi connectivity index (χ1v) is 6.87. The molecule has 0 saturated heterocycles. The number of aryl methyl sites for hydroxylation is 1. The highest BCUT2D eigenvalue weighted by Crippen LogP contribution is 2.21. The molecule has 1 aromatic rings. The lowest BCUT2D eigenvalue weighted by molar-refractivity contribution is 0.506. The van der Waals surface area contributed by atoms with E-state index < -0.39 is 11.6 Å². The molecule has 102 valence electrons. The molecule has 0 radical (unpaired) electrons. The van der Waals surface area contributed by atoms with Crippen LogP contribution in [0.15, 0.2) is 12.1 Å². The topological polar surface area (TPSA) is 12.0 Å². The Labute approximate surface area is 113 Å². The van der Waals surface area contributed by atoms with E-state index in [-0.39, 0.29) is 0 Å². The summed E-state index contributed by atoms with van der Waals surface area (Å²) in [5.41, 5.74) is 0.692.